The summed E-state index contributed by atoms with van der Waals surface area (Å²) in [7, 11) is 0. The summed E-state index contributed by atoms with van der Waals surface area (Å²) in [6.07, 6.45) is 5.12. The molecule has 0 bridgehead atoms. The smallest absolute Gasteiger partial charge is 0.335 e. The number of aromatic nitrogens is 2. The summed E-state index contributed by atoms with van der Waals surface area (Å²) in [5.41, 5.74) is 0.375. The van der Waals surface area contributed by atoms with Crippen LogP contribution in [0.15, 0.2) is 57.0 Å². The molecule has 0 aliphatic heterocycles. The van der Waals surface area contributed by atoms with Crippen LogP contribution in [0.2, 0.25) is 0 Å². The Morgan fingerprint density at radius 2 is 1.91 bits per heavy atom. The lowest BCUT2D eigenvalue weighted by molar-refractivity contribution is 0.430. The van der Waals surface area contributed by atoms with Gasteiger partial charge in [-0.3, -0.25) is 9.78 Å². The molecule has 2 aromatic carbocycles. The van der Waals surface area contributed by atoms with Crippen molar-refractivity contribution in [2.75, 3.05) is 0 Å². The van der Waals surface area contributed by atoms with Crippen LogP contribution >= 0.6 is 11.3 Å². The zero-order valence-corrected chi connectivity index (χ0v) is 17.8. The first-order valence-corrected chi connectivity index (χ1v) is 11.0. The van der Waals surface area contributed by atoms with Crippen LogP contribution in [0.5, 0.6) is 5.88 Å². The normalized spacial score (nSPS) is 13.3. The second kappa shape index (κ2) is 7.94. The maximum absolute atomic E-state index is 12.6. The molecule has 0 spiro atoms. The van der Waals surface area contributed by atoms with Gasteiger partial charge in [-0.1, -0.05) is 36.4 Å². The third-order valence-electron chi connectivity index (χ3n) is 5.70. The van der Waals surface area contributed by atoms with Crippen LogP contribution in [0.3, 0.4) is 0 Å². The number of benzene rings is 2. The minimum absolute atomic E-state index is 0.146. The number of aryl methyl sites for hydroxylation is 1. The average Bonchev–Trinajstić information content (AvgIpc) is 3.16. The number of nitrogens with zero attached hydrogens (tertiary/aromatic N) is 3. The lowest BCUT2D eigenvalue weighted by Gasteiger charge is -2.12. The van der Waals surface area contributed by atoms with Crippen molar-refractivity contribution in [2.45, 2.75) is 25.7 Å². The summed E-state index contributed by atoms with van der Waals surface area (Å²) < 4.78 is 1.07. The zero-order chi connectivity index (χ0) is 22.2. The summed E-state index contributed by atoms with van der Waals surface area (Å²) in [5.74, 6) is -0.501. The first-order chi connectivity index (χ1) is 15.6. The van der Waals surface area contributed by atoms with E-state index in [2.05, 4.69) is 16.0 Å². The van der Waals surface area contributed by atoms with Crippen molar-refractivity contribution in [3.8, 4) is 17.6 Å². The Kier molecular flexibility index (Phi) is 4.96. The Hall–Kier alpha value is -3.96. The number of nitriles is 1. The molecule has 1 aliphatic rings. The maximum atomic E-state index is 12.6. The first-order valence-electron chi connectivity index (χ1n) is 10.2. The monoisotopic (exact) mass is 442 g/mol. The molecule has 0 amide bonds. The van der Waals surface area contributed by atoms with Crippen molar-refractivity contribution in [1.82, 2.24) is 9.55 Å². The van der Waals surface area contributed by atoms with Gasteiger partial charge in [0, 0.05) is 16.5 Å². The van der Waals surface area contributed by atoms with E-state index < -0.39 is 17.1 Å². The van der Waals surface area contributed by atoms with Crippen molar-refractivity contribution in [2.24, 2.45) is 4.99 Å². The van der Waals surface area contributed by atoms with E-state index in [1.807, 2.05) is 30.3 Å². The van der Waals surface area contributed by atoms with Crippen LogP contribution in [0.25, 0.3) is 16.5 Å². The van der Waals surface area contributed by atoms with Crippen LogP contribution in [-0.2, 0) is 12.8 Å². The van der Waals surface area contributed by atoms with E-state index in [1.165, 1.54) is 17.6 Å². The van der Waals surface area contributed by atoms with Gasteiger partial charge in [0.15, 0.2) is 0 Å². The van der Waals surface area contributed by atoms with E-state index in [1.54, 1.807) is 12.1 Å². The molecule has 2 aromatic heterocycles. The molecule has 8 heteroatoms. The standard InChI is InChI=1S/C24H18N4O3S/c25-12-17-16-9-3-4-11-20(16)32-22(17)26-13-18-21(29)27-24(31)28(23(18)30)19-10-5-7-14-6-1-2-8-15(14)19/h1-2,5-8,10,13,30H,3-4,9,11H2,(H,27,29,31). The molecule has 2 N–H and O–H groups in total. The fraction of sp³-hybridized carbons (Fsp3) is 0.167. The molecule has 0 saturated carbocycles. The van der Waals surface area contributed by atoms with Gasteiger partial charge in [0.1, 0.15) is 16.6 Å². The van der Waals surface area contributed by atoms with Crippen molar-refractivity contribution in [3.05, 3.63) is 84.9 Å². The molecular formula is C24H18N4O3S. The summed E-state index contributed by atoms with van der Waals surface area (Å²) >= 11 is 1.44. The molecule has 1 aliphatic carbocycles. The molecular weight excluding hydrogens is 424 g/mol. The number of H-pyrrole nitrogens is 1. The number of rotatable bonds is 3. The van der Waals surface area contributed by atoms with Gasteiger partial charge in [0.25, 0.3) is 5.56 Å². The average molecular weight is 443 g/mol. The fourth-order valence-electron chi connectivity index (χ4n) is 4.16. The molecule has 0 radical (unpaired) electrons. The highest BCUT2D eigenvalue weighted by Gasteiger charge is 2.21. The molecule has 32 heavy (non-hydrogen) atoms. The molecule has 4 aromatic rings. The Morgan fingerprint density at radius 3 is 2.75 bits per heavy atom. The molecule has 7 nitrogen and oxygen atoms in total. The summed E-state index contributed by atoms with van der Waals surface area (Å²) in [4.78, 5) is 32.9. The minimum Gasteiger partial charge on any atom is -0.493 e. The molecule has 2 heterocycles. The van der Waals surface area contributed by atoms with Crippen LogP contribution in [0.4, 0.5) is 5.00 Å². The number of hydrogen-bond donors (Lipinski definition) is 2. The topological polar surface area (TPSA) is 111 Å². The van der Waals surface area contributed by atoms with Crippen molar-refractivity contribution >= 4 is 33.3 Å². The van der Waals surface area contributed by atoms with Crippen LogP contribution in [-0.4, -0.2) is 20.9 Å². The maximum Gasteiger partial charge on any atom is 0.335 e. The fourth-order valence-corrected chi connectivity index (χ4v) is 5.35. The lowest BCUT2D eigenvalue weighted by atomic mass is 9.96. The number of aliphatic imine (C=N–C) groups is 1. The predicted molar refractivity (Wildman–Crippen MR) is 125 cm³/mol. The number of hydrogen-bond acceptors (Lipinski definition) is 6. The second-order valence-electron chi connectivity index (χ2n) is 7.59. The summed E-state index contributed by atoms with van der Waals surface area (Å²) in [6.45, 7) is 0. The summed E-state index contributed by atoms with van der Waals surface area (Å²) in [6, 6.07) is 15.1. The van der Waals surface area contributed by atoms with Gasteiger partial charge in [-0.2, -0.15) is 5.26 Å². The Morgan fingerprint density at radius 1 is 1.12 bits per heavy atom. The largest absolute Gasteiger partial charge is 0.493 e. The highest BCUT2D eigenvalue weighted by Crippen LogP contribution is 2.39. The highest BCUT2D eigenvalue weighted by atomic mass is 32.1. The van der Waals surface area contributed by atoms with Crippen LogP contribution in [0.1, 0.15) is 34.4 Å². The Balaban J connectivity index is 1.66. The second-order valence-corrected chi connectivity index (χ2v) is 8.67. The molecule has 0 unspecified atom stereocenters. The number of aromatic amines is 1. The zero-order valence-electron chi connectivity index (χ0n) is 17.0. The Labute approximate surface area is 186 Å². The lowest BCUT2D eigenvalue weighted by Crippen LogP contribution is -2.31. The van der Waals surface area contributed by atoms with Crippen molar-refractivity contribution < 1.29 is 5.11 Å². The van der Waals surface area contributed by atoms with E-state index in [0.717, 1.165) is 51.5 Å². The molecule has 158 valence electrons. The number of nitrogens with one attached hydrogen (secondary N) is 1. The van der Waals surface area contributed by atoms with Gasteiger partial charge in [0.05, 0.1) is 11.3 Å². The van der Waals surface area contributed by atoms with Gasteiger partial charge in [0.2, 0.25) is 5.88 Å². The Bertz CT molecular complexity index is 1550. The van der Waals surface area contributed by atoms with Gasteiger partial charge in [-0.15, -0.1) is 11.3 Å². The van der Waals surface area contributed by atoms with Crippen molar-refractivity contribution in [3.63, 3.8) is 0 Å². The minimum atomic E-state index is -0.745. The van der Waals surface area contributed by atoms with Gasteiger partial charge in [-0.05, 0) is 42.7 Å². The third-order valence-corrected chi connectivity index (χ3v) is 6.90. The predicted octanol–water partition coefficient (Wildman–Crippen LogP) is 3.95. The first kappa shape index (κ1) is 20.0. The molecule has 0 atom stereocenters. The van der Waals surface area contributed by atoms with Gasteiger partial charge < -0.3 is 5.11 Å². The van der Waals surface area contributed by atoms with E-state index in [-0.39, 0.29) is 5.56 Å². The van der Waals surface area contributed by atoms with Gasteiger partial charge in [-0.25, -0.2) is 14.4 Å². The van der Waals surface area contributed by atoms with Gasteiger partial charge >= 0.3 is 5.69 Å². The SMILES string of the molecule is N#Cc1c(N=Cc2c(O)n(-c3cccc4ccccc34)c(=O)[nH]c2=O)sc2c1CCCC2. The van der Waals surface area contributed by atoms with Crippen molar-refractivity contribution in [1.29, 1.82) is 5.26 Å². The van der Waals surface area contributed by atoms with E-state index >= 15 is 0 Å². The summed E-state index contributed by atoms with van der Waals surface area (Å²) in [5, 5.41) is 22.7. The third kappa shape index (κ3) is 3.24. The van der Waals surface area contributed by atoms with E-state index in [9.17, 15) is 20.0 Å². The highest BCUT2D eigenvalue weighted by molar-refractivity contribution is 7.16. The number of fused-ring (bicyclic) bond motifs is 2. The van der Waals surface area contributed by atoms with Crippen LogP contribution < -0.4 is 11.2 Å². The molecule has 5 rings (SSSR count). The van der Waals surface area contributed by atoms with E-state index in [4.69, 9.17) is 0 Å². The number of thiophene rings is 1. The molecule has 0 fully saturated rings. The van der Waals surface area contributed by atoms with E-state index in [0.29, 0.717) is 16.3 Å². The van der Waals surface area contributed by atoms with Crippen LogP contribution in [0, 0.1) is 11.3 Å². The number of aromatic hydroxyl groups is 1. The quantitative estimate of drug-likeness (QED) is 0.468. The molecule has 0 saturated heterocycles.